The van der Waals surface area contributed by atoms with Crippen molar-refractivity contribution in [1.82, 2.24) is 9.55 Å². The van der Waals surface area contributed by atoms with Crippen molar-refractivity contribution >= 4 is 44.6 Å². The number of nitriles is 1. The summed E-state index contributed by atoms with van der Waals surface area (Å²) in [5.41, 5.74) is 12.7. The van der Waals surface area contributed by atoms with E-state index in [0.717, 1.165) is 61.3 Å². The molecule has 1 aliphatic rings. The van der Waals surface area contributed by atoms with Gasteiger partial charge in [-0.15, -0.1) is 48.1 Å². The number of para-hydroxylation sites is 2. The van der Waals surface area contributed by atoms with E-state index in [0.29, 0.717) is 34.0 Å². The third-order valence-corrected chi connectivity index (χ3v) is 11.5. The van der Waals surface area contributed by atoms with Crippen LogP contribution in [0.2, 0.25) is 0 Å². The number of aryl methyl sites for hydroxylation is 3. The Balaban J connectivity index is 0.00000548. The second kappa shape index (κ2) is 16.4. The van der Waals surface area contributed by atoms with Gasteiger partial charge in [-0.1, -0.05) is 93.0 Å². The van der Waals surface area contributed by atoms with Crippen LogP contribution in [0.5, 0.6) is 11.5 Å². The standard InChI is InChI=1S/C56H44N5O.Pt/c1-36-26-37(2)28-44(27-36)60-35-59(50-17-7-8-18-51(50)60)43-14-10-15-45(31-43)62-46-24-25-48-53(32-46)61(52-19-11-16-47(55(48)52)41-13-9-12-39(30-41)33-57)54-29-38(3)49(34-58-54)40-20-22-42(23-21-40)56(4,5)6;/h7-30,34-35H,1-6H3;/q-3;/i3D3;. The summed E-state index contributed by atoms with van der Waals surface area (Å²) in [6.45, 7) is 10.3. The fourth-order valence-corrected chi connectivity index (χ4v) is 8.57. The number of nitrogens with zero attached hydrogens (tertiary/aromatic N) is 5. The number of hydrogen-bond donors (Lipinski definition) is 0. The van der Waals surface area contributed by atoms with Gasteiger partial charge in [0.25, 0.3) is 0 Å². The van der Waals surface area contributed by atoms with Gasteiger partial charge in [0.2, 0.25) is 0 Å². The SMILES string of the molecule is [2H]C([2H])([2H])c1cc(-n2c3[c-]c(Oc4[c-]c(N5[CH-]N(c6cc(C)cc(C)c6)c6ccccc65)ccc4)ccc3c3c(-c4cccc(C#N)c4)cccc32)ncc1-c1ccc(C(C)(C)C)cc1.[Pt]. The number of hydrogen-bond acceptors (Lipinski definition) is 5. The van der Waals surface area contributed by atoms with Crippen LogP contribution in [0.15, 0.2) is 152 Å². The van der Waals surface area contributed by atoms with Crippen molar-refractivity contribution in [1.29, 1.82) is 5.26 Å². The van der Waals surface area contributed by atoms with E-state index in [1.54, 1.807) is 18.3 Å². The molecule has 2 aromatic heterocycles. The van der Waals surface area contributed by atoms with Crippen LogP contribution in [-0.2, 0) is 26.5 Å². The maximum absolute atomic E-state index is 9.81. The molecule has 0 aliphatic carbocycles. The van der Waals surface area contributed by atoms with E-state index in [9.17, 15) is 5.26 Å². The molecule has 0 bridgehead atoms. The number of anilines is 4. The molecule has 0 unspecified atom stereocenters. The van der Waals surface area contributed by atoms with Gasteiger partial charge in [-0.2, -0.15) is 17.4 Å². The maximum atomic E-state index is 9.81. The zero-order valence-electron chi connectivity index (χ0n) is 38.5. The fraction of sp³-hybridized carbons (Fsp3) is 0.125. The molecule has 312 valence electrons. The van der Waals surface area contributed by atoms with Gasteiger partial charge in [0.15, 0.2) is 0 Å². The molecule has 3 heterocycles. The van der Waals surface area contributed by atoms with Crippen molar-refractivity contribution in [2.75, 3.05) is 9.80 Å². The zero-order valence-corrected chi connectivity index (χ0v) is 37.7. The molecule has 0 N–H and O–H groups in total. The second-order valence-corrected chi connectivity index (χ2v) is 16.9. The van der Waals surface area contributed by atoms with Gasteiger partial charge in [-0.3, -0.25) is 0 Å². The summed E-state index contributed by atoms with van der Waals surface area (Å²) in [6, 6.07) is 57.2. The van der Waals surface area contributed by atoms with E-state index in [-0.39, 0.29) is 32.0 Å². The Bertz CT molecular complexity index is 3340. The van der Waals surface area contributed by atoms with Gasteiger partial charge in [0, 0.05) is 71.0 Å². The number of ether oxygens (including phenoxy) is 1. The Morgan fingerprint density at radius 3 is 2.19 bits per heavy atom. The third kappa shape index (κ3) is 7.68. The average Bonchev–Trinajstić information content (AvgIpc) is 3.84. The molecule has 0 spiro atoms. The van der Waals surface area contributed by atoms with Crippen LogP contribution in [-0.4, -0.2) is 9.55 Å². The van der Waals surface area contributed by atoms with Gasteiger partial charge in [-0.05, 0) is 119 Å². The van der Waals surface area contributed by atoms with Crippen molar-refractivity contribution in [2.45, 2.75) is 46.9 Å². The summed E-state index contributed by atoms with van der Waals surface area (Å²) < 4.78 is 34.7. The smallest absolute Gasteiger partial charge is 0.135 e. The largest absolute Gasteiger partial charge is 0.509 e. The van der Waals surface area contributed by atoms with Gasteiger partial charge < -0.3 is 19.1 Å². The van der Waals surface area contributed by atoms with Crippen molar-refractivity contribution in [3.63, 3.8) is 0 Å². The Morgan fingerprint density at radius 2 is 1.44 bits per heavy atom. The van der Waals surface area contributed by atoms with Crippen LogP contribution in [0.4, 0.5) is 22.7 Å². The minimum atomic E-state index is -2.44. The molecule has 10 rings (SSSR count). The van der Waals surface area contributed by atoms with Crippen LogP contribution in [0.1, 0.15) is 52.7 Å². The molecule has 7 aromatic carbocycles. The first kappa shape index (κ1) is 37.8. The fourth-order valence-electron chi connectivity index (χ4n) is 8.57. The normalized spacial score (nSPS) is 13.2. The molecule has 0 radical (unpaired) electrons. The summed E-state index contributed by atoms with van der Waals surface area (Å²) in [4.78, 5) is 9.30. The van der Waals surface area contributed by atoms with Gasteiger partial charge in [0.05, 0.1) is 11.6 Å². The molecule has 0 atom stereocenters. The molecule has 1 aliphatic heterocycles. The van der Waals surface area contributed by atoms with Crippen molar-refractivity contribution in [3.05, 3.63) is 198 Å². The van der Waals surface area contributed by atoms with E-state index in [4.69, 9.17) is 13.8 Å². The summed E-state index contributed by atoms with van der Waals surface area (Å²) in [5.74, 6) is 1.36. The topological polar surface area (TPSA) is 57.3 Å². The average molecular weight is 1000 g/mol. The zero-order chi connectivity index (χ0) is 45.2. The predicted molar refractivity (Wildman–Crippen MR) is 253 cm³/mol. The minimum absolute atomic E-state index is 0. The van der Waals surface area contributed by atoms with E-state index in [2.05, 4.69) is 112 Å². The van der Waals surface area contributed by atoms with E-state index in [1.165, 1.54) is 11.1 Å². The van der Waals surface area contributed by atoms with Crippen LogP contribution in [0.3, 0.4) is 0 Å². The quantitative estimate of drug-likeness (QED) is 0.149. The summed E-state index contributed by atoms with van der Waals surface area (Å²) in [7, 11) is 0. The molecule has 0 fully saturated rings. The monoisotopic (exact) mass is 1000 g/mol. The minimum Gasteiger partial charge on any atom is -0.509 e. The van der Waals surface area contributed by atoms with Crippen molar-refractivity contribution < 1.29 is 29.9 Å². The summed E-state index contributed by atoms with van der Waals surface area (Å²) >= 11 is 0. The second-order valence-electron chi connectivity index (χ2n) is 16.9. The molecular formula is C56H44N5OPt-3. The molecule has 0 saturated heterocycles. The maximum Gasteiger partial charge on any atom is 0.135 e. The Kier molecular flexibility index (Phi) is 9.84. The van der Waals surface area contributed by atoms with Crippen LogP contribution in [0, 0.1) is 50.8 Å². The molecule has 0 saturated carbocycles. The molecule has 7 heteroatoms. The van der Waals surface area contributed by atoms with E-state index in [1.807, 2.05) is 95.6 Å². The van der Waals surface area contributed by atoms with Crippen LogP contribution < -0.4 is 14.5 Å². The van der Waals surface area contributed by atoms with Crippen LogP contribution >= 0.6 is 0 Å². The van der Waals surface area contributed by atoms with Crippen LogP contribution in [0.25, 0.3) is 49.9 Å². The first-order chi connectivity index (χ1) is 31.2. The molecular weight excluding hydrogens is 954 g/mol. The van der Waals surface area contributed by atoms with E-state index >= 15 is 0 Å². The first-order valence-corrected chi connectivity index (χ1v) is 20.7. The first-order valence-electron chi connectivity index (χ1n) is 22.2. The number of pyridine rings is 1. The summed E-state index contributed by atoms with van der Waals surface area (Å²) in [6.07, 6.45) is 1.66. The van der Waals surface area contributed by atoms with E-state index < -0.39 is 6.85 Å². The van der Waals surface area contributed by atoms with Crippen molar-refractivity contribution in [3.8, 4) is 45.6 Å². The predicted octanol–water partition coefficient (Wildman–Crippen LogP) is 14.4. The van der Waals surface area contributed by atoms with Gasteiger partial charge in [-0.25, -0.2) is 4.98 Å². The molecule has 0 amide bonds. The number of benzene rings is 7. The van der Waals surface area contributed by atoms with Crippen molar-refractivity contribution in [2.24, 2.45) is 0 Å². The van der Waals surface area contributed by atoms with Gasteiger partial charge >= 0.3 is 0 Å². The number of fused-ring (bicyclic) bond motifs is 4. The molecule has 9 aromatic rings. The van der Waals surface area contributed by atoms with Gasteiger partial charge in [0.1, 0.15) is 5.82 Å². The Morgan fingerprint density at radius 1 is 0.714 bits per heavy atom. The Hall–Kier alpha value is -6.93. The number of aromatic nitrogens is 2. The number of rotatable bonds is 7. The molecule has 63 heavy (non-hydrogen) atoms. The third-order valence-electron chi connectivity index (χ3n) is 11.5. The summed E-state index contributed by atoms with van der Waals surface area (Å²) in [5, 5.41) is 11.6. The molecule has 6 nitrogen and oxygen atoms in total. The Labute approximate surface area is 388 Å².